The van der Waals surface area contributed by atoms with E-state index in [9.17, 15) is 4.79 Å². The Balaban J connectivity index is 2.13. The average Bonchev–Trinajstić information content (AvgIpc) is 2.30. The van der Waals surface area contributed by atoms with Crippen LogP contribution in [0.4, 0.5) is 0 Å². The summed E-state index contributed by atoms with van der Waals surface area (Å²) in [4.78, 5) is 17.6. The van der Waals surface area contributed by atoms with Gasteiger partial charge in [-0.05, 0) is 37.7 Å². The number of allylic oxidation sites excluding steroid dienone is 1. The summed E-state index contributed by atoms with van der Waals surface area (Å²) >= 11 is 0. The zero-order valence-corrected chi connectivity index (χ0v) is 9.33. The van der Waals surface area contributed by atoms with Gasteiger partial charge >= 0.3 is 0 Å². The highest BCUT2D eigenvalue weighted by atomic mass is 16.2. The lowest BCUT2D eigenvalue weighted by Crippen LogP contribution is -2.29. The Labute approximate surface area is 90.9 Å². The maximum absolute atomic E-state index is 11.3. The molecule has 0 saturated carbocycles. The van der Waals surface area contributed by atoms with Crippen molar-refractivity contribution in [3.05, 3.63) is 11.8 Å². The molecule has 0 bridgehead atoms. The molecule has 0 fully saturated rings. The first-order chi connectivity index (χ1) is 7.27. The number of amides is 1. The van der Waals surface area contributed by atoms with Crippen LogP contribution in [-0.2, 0) is 4.79 Å². The van der Waals surface area contributed by atoms with Crippen molar-refractivity contribution >= 4 is 11.6 Å². The fraction of sp³-hybridized carbons (Fsp3) is 0.667. The number of nitrogens with zero attached hydrogens (tertiary/aromatic N) is 2. The molecule has 1 amide bonds. The maximum atomic E-state index is 11.3. The third-order valence-electron chi connectivity index (χ3n) is 3.06. The minimum Gasteiger partial charge on any atom is -0.319 e. The topological polar surface area (TPSA) is 32.7 Å². The highest BCUT2D eigenvalue weighted by Crippen LogP contribution is 2.21. The van der Waals surface area contributed by atoms with Crippen molar-refractivity contribution in [2.75, 3.05) is 13.1 Å². The van der Waals surface area contributed by atoms with E-state index in [1.165, 1.54) is 24.1 Å². The molecule has 0 N–H and O–H groups in total. The molecule has 0 aromatic carbocycles. The summed E-state index contributed by atoms with van der Waals surface area (Å²) in [5, 5.41) is 0. The van der Waals surface area contributed by atoms with Gasteiger partial charge in [-0.25, -0.2) is 0 Å². The van der Waals surface area contributed by atoms with E-state index >= 15 is 0 Å². The molecule has 0 spiro atoms. The standard InChI is InChI=1S/C12H18N2O/c1-10(15)14-8-4-5-11(9-14)12-6-2-3-7-13-12/h9H,2-8H2,1H3. The molecular weight excluding hydrogens is 188 g/mol. The van der Waals surface area contributed by atoms with Gasteiger partial charge in [0.25, 0.3) is 0 Å². The largest absolute Gasteiger partial charge is 0.319 e. The van der Waals surface area contributed by atoms with Crippen LogP contribution in [0, 0.1) is 0 Å². The monoisotopic (exact) mass is 206 g/mol. The Morgan fingerprint density at radius 2 is 2.20 bits per heavy atom. The molecule has 2 aliphatic rings. The van der Waals surface area contributed by atoms with Crippen LogP contribution in [0.5, 0.6) is 0 Å². The fourth-order valence-electron chi connectivity index (χ4n) is 2.18. The van der Waals surface area contributed by atoms with Crippen molar-refractivity contribution in [1.82, 2.24) is 4.90 Å². The zero-order valence-electron chi connectivity index (χ0n) is 9.33. The van der Waals surface area contributed by atoms with Crippen LogP contribution < -0.4 is 0 Å². The van der Waals surface area contributed by atoms with Crippen molar-refractivity contribution in [2.24, 2.45) is 4.99 Å². The minimum absolute atomic E-state index is 0.142. The second-order valence-corrected chi connectivity index (χ2v) is 4.26. The third kappa shape index (κ3) is 2.46. The van der Waals surface area contributed by atoms with E-state index in [0.29, 0.717) is 0 Å². The minimum atomic E-state index is 0.142. The second kappa shape index (κ2) is 4.60. The molecule has 3 heteroatoms. The van der Waals surface area contributed by atoms with E-state index in [1.807, 2.05) is 11.1 Å². The summed E-state index contributed by atoms with van der Waals surface area (Å²) < 4.78 is 0. The van der Waals surface area contributed by atoms with Gasteiger partial charge in [-0.3, -0.25) is 9.79 Å². The van der Waals surface area contributed by atoms with Gasteiger partial charge < -0.3 is 4.90 Å². The molecule has 0 radical (unpaired) electrons. The van der Waals surface area contributed by atoms with E-state index < -0.39 is 0 Å². The van der Waals surface area contributed by atoms with Gasteiger partial charge in [0.15, 0.2) is 0 Å². The number of hydrogen-bond donors (Lipinski definition) is 0. The van der Waals surface area contributed by atoms with E-state index in [1.54, 1.807) is 6.92 Å². The molecule has 2 rings (SSSR count). The first-order valence-corrected chi connectivity index (χ1v) is 5.79. The Bertz CT molecular complexity index is 318. The lowest BCUT2D eigenvalue weighted by molar-refractivity contribution is -0.126. The van der Waals surface area contributed by atoms with Crippen molar-refractivity contribution in [3.63, 3.8) is 0 Å². The van der Waals surface area contributed by atoms with Gasteiger partial charge in [-0.2, -0.15) is 0 Å². The molecule has 0 aromatic heterocycles. The summed E-state index contributed by atoms with van der Waals surface area (Å²) in [5.74, 6) is 0.142. The lowest BCUT2D eigenvalue weighted by atomic mass is 9.97. The second-order valence-electron chi connectivity index (χ2n) is 4.26. The van der Waals surface area contributed by atoms with Gasteiger partial charge in [0.1, 0.15) is 0 Å². The van der Waals surface area contributed by atoms with Crippen molar-refractivity contribution in [1.29, 1.82) is 0 Å². The van der Waals surface area contributed by atoms with Crippen LogP contribution in [0.3, 0.4) is 0 Å². The van der Waals surface area contributed by atoms with E-state index in [2.05, 4.69) is 4.99 Å². The molecule has 82 valence electrons. The molecule has 3 nitrogen and oxygen atoms in total. The van der Waals surface area contributed by atoms with Crippen LogP contribution >= 0.6 is 0 Å². The first-order valence-electron chi connectivity index (χ1n) is 5.79. The van der Waals surface area contributed by atoms with Gasteiger partial charge in [-0.1, -0.05) is 0 Å². The quantitative estimate of drug-likeness (QED) is 0.647. The van der Waals surface area contributed by atoms with Crippen LogP contribution in [0.25, 0.3) is 0 Å². The number of hydrogen-bond acceptors (Lipinski definition) is 2. The molecule has 0 saturated heterocycles. The summed E-state index contributed by atoms with van der Waals surface area (Å²) in [7, 11) is 0. The number of carbonyl (C=O) groups excluding carboxylic acids is 1. The third-order valence-corrected chi connectivity index (χ3v) is 3.06. The Kier molecular flexibility index (Phi) is 3.19. The fourth-order valence-corrected chi connectivity index (χ4v) is 2.18. The van der Waals surface area contributed by atoms with Gasteiger partial charge in [0.2, 0.25) is 5.91 Å². The smallest absolute Gasteiger partial charge is 0.223 e. The number of rotatable bonds is 1. The SMILES string of the molecule is CC(=O)N1C=C(C2=NCCCC2)CCC1. The van der Waals surface area contributed by atoms with E-state index in [0.717, 1.165) is 32.4 Å². The van der Waals surface area contributed by atoms with E-state index in [4.69, 9.17) is 0 Å². The highest BCUT2D eigenvalue weighted by Gasteiger charge is 2.17. The summed E-state index contributed by atoms with van der Waals surface area (Å²) in [6.45, 7) is 3.46. The van der Waals surface area contributed by atoms with Crippen molar-refractivity contribution in [3.8, 4) is 0 Å². The Hall–Kier alpha value is -1.12. The molecule has 0 atom stereocenters. The van der Waals surface area contributed by atoms with Crippen LogP contribution in [0.15, 0.2) is 16.8 Å². The lowest BCUT2D eigenvalue weighted by Gasteiger charge is -2.25. The van der Waals surface area contributed by atoms with Crippen molar-refractivity contribution in [2.45, 2.75) is 39.0 Å². The van der Waals surface area contributed by atoms with Gasteiger partial charge in [0.05, 0.1) is 0 Å². The number of carbonyl (C=O) groups is 1. The normalized spacial score (nSPS) is 22.1. The van der Waals surface area contributed by atoms with Crippen LogP contribution in [0.1, 0.15) is 39.0 Å². The molecular formula is C12H18N2O. The molecule has 0 aliphatic carbocycles. The van der Waals surface area contributed by atoms with Crippen molar-refractivity contribution < 1.29 is 4.79 Å². The first kappa shape index (κ1) is 10.4. The summed E-state index contributed by atoms with van der Waals surface area (Å²) in [6.07, 6.45) is 7.73. The highest BCUT2D eigenvalue weighted by molar-refractivity contribution is 6.00. The van der Waals surface area contributed by atoms with Crippen LogP contribution in [0.2, 0.25) is 0 Å². The van der Waals surface area contributed by atoms with Crippen LogP contribution in [-0.4, -0.2) is 29.6 Å². The zero-order chi connectivity index (χ0) is 10.7. The molecule has 15 heavy (non-hydrogen) atoms. The molecule has 0 unspecified atom stereocenters. The molecule has 0 aromatic rings. The van der Waals surface area contributed by atoms with Gasteiger partial charge in [-0.15, -0.1) is 0 Å². The average molecular weight is 206 g/mol. The Morgan fingerprint density at radius 1 is 1.33 bits per heavy atom. The van der Waals surface area contributed by atoms with Gasteiger partial charge in [0, 0.05) is 31.9 Å². The number of aliphatic imine (C=N–C) groups is 1. The molecule has 2 heterocycles. The maximum Gasteiger partial charge on any atom is 0.223 e. The Morgan fingerprint density at radius 3 is 2.87 bits per heavy atom. The summed E-state index contributed by atoms with van der Waals surface area (Å²) in [6, 6.07) is 0. The van der Waals surface area contributed by atoms with E-state index in [-0.39, 0.29) is 5.91 Å². The molecule has 2 aliphatic heterocycles. The summed E-state index contributed by atoms with van der Waals surface area (Å²) in [5.41, 5.74) is 2.53. The predicted octanol–water partition coefficient (Wildman–Crippen LogP) is 2.14. The predicted molar refractivity (Wildman–Crippen MR) is 60.9 cm³/mol.